The van der Waals surface area contributed by atoms with Crippen LogP contribution >= 0.6 is 0 Å². The lowest BCUT2D eigenvalue weighted by Gasteiger charge is -2.26. The summed E-state index contributed by atoms with van der Waals surface area (Å²) < 4.78 is 5.15. The minimum atomic E-state index is -0.250. The first-order valence-electron chi connectivity index (χ1n) is 9.26. The number of amides is 1. The number of carbonyl (C=O) groups is 1. The fourth-order valence-corrected chi connectivity index (χ4v) is 3.84. The van der Waals surface area contributed by atoms with Gasteiger partial charge in [-0.25, -0.2) is 0 Å². The summed E-state index contributed by atoms with van der Waals surface area (Å²) >= 11 is 0. The van der Waals surface area contributed by atoms with Gasteiger partial charge in [0.15, 0.2) is 11.5 Å². The number of nitrogens with zero attached hydrogens (tertiary/aromatic N) is 3. The molecule has 1 aliphatic heterocycles. The van der Waals surface area contributed by atoms with Crippen molar-refractivity contribution < 1.29 is 14.6 Å². The van der Waals surface area contributed by atoms with E-state index in [4.69, 9.17) is 9.84 Å². The number of fused-ring (bicyclic) bond motifs is 3. The molecule has 1 aromatic heterocycles. The van der Waals surface area contributed by atoms with Crippen molar-refractivity contribution in [1.82, 2.24) is 15.0 Å². The Balaban J connectivity index is 1.69. The van der Waals surface area contributed by atoms with E-state index >= 15 is 0 Å². The van der Waals surface area contributed by atoms with Crippen molar-refractivity contribution in [2.45, 2.75) is 12.3 Å². The summed E-state index contributed by atoms with van der Waals surface area (Å²) in [6.07, 6.45) is 0.260. The quantitative estimate of drug-likeness (QED) is 0.561. The molecule has 1 amide bonds. The second-order valence-electron chi connectivity index (χ2n) is 6.96. The molecule has 0 fully saturated rings. The molecule has 0 spiro atoms. The lowest BCUT2D eigenvalue weighted by molar-refractivity contribution is -0.116. The molecule has 3 aromatic carbocycles. The highest BCUT2D eigenvalue weighted by Crippen LogP contribution is 2.42. The van der Waals surface area contributed by atoms with Crippen LogP contribution in [0, 0.1) is 0 Å². The van der Waals surface area contributed by atoms with Crippen LogP contribution in [0.25, 0.3) is 16.7 Å². The Labute approximate surface area is 166 Å². The number of aromatic hydroxyl groups is 1. The normalized spacial score (nSPS) is 15.8. The van der Waals surface area contributed by atoms with Gasteiger partial charge in [-0.1, -0.05) is 24.3 Å². The first-order valence-corrected chi connectivity index (χ1v) is 9.26. The molecular weight excluding hydrogens is 368 g/mol. The molecule has 5 rings (SSSR count). The number of ether oxygens (including phenoxy) is 1. The lowest BCUT2D eigenvalue weighted by Crippen LogP contribution is -2.23. The van der Waals surface area contributed by atoms with Gasteiger partial charge in [0.1, 0.15) is 11.0 Å². The maximum Gasteiger partial charge on any atom is 0.225 e. The number of aromatic nitrogens is 3. The molecule has 0 aliphatic carbocycles. The second-order valence-corrected chi connectivity index (χ2v) is 6.96. The smallest absolute Gasteiger partial charge is 0.225 e. The van der Waals surface area contributed by atoms with Gasteiger partial charge in [-0.15, -0.1) is 10.2 Å². The van der Waals surface area contributed by atoms with E-state index in [1.165, 1.54) is 7.11 Å². The second kappa shape index (κ2) is 6.63. The summed E-state index contributed by atoms with van der Waals surface area (Å²) in [6, 6.07) is 18.6. The minimum Gasteiger partial charge on any atom is -0.504 e. The van der Waals surface area contributed by atoms with E-state index in [0.29, 0.717) is 11.4 Å². The van der Waals surface area contributed by atoms with Gasteiger partial charge in [0, 0.05) is 23.6 Å². The van der Waals surface area contributed by atoms with Crippen LogP contribution in [0.1, 0.15) is 23.5 Å². The van der Waals surface area contributed by atoms with Crippen molar-refractivity contribution >= 4 is 22.6 Å². The molecule has 29 heavy (non-hydrogen) atoms. The molecule has 0 radical (unpaired) electrons. The van der Waals surface area contributed by atoms with Gasteiger partial charge in [0.2, 0.25) is 5.91 Å². The fraction of sp³-hybridized carbons (Fsp3) is 0.136. The third-order valence-electron chi connectivity index (χ3n) is 5.20. The van der Waals surface area contributed by atoms with Gasteiger partial charge >= 0.3 is 0 Å². The number of carbonyl (C=O) groups excluding carboxylic acids is 1. The average molecular weight is 386 g/mol. The topological polar surface area (TPSA) is 89.3 Å². The van der Waals surface area contributed by atoms with E-state index in [2.05, 4.69) is 10.4 Å². The van der Waals surface area contributed by atoms with E-state index in [-0.39, 0.29) is 24.0 Å². The number of phenolic OH excluding ortho intramolecular Hbond substituents is 1. The molecule has 7 heteroatoms. The number of phenols is 1. The monoisotopic (exact) mass is 386 g/mol. The molecule has 4 aromatic rings. The number of hydrogen-bond acceptors (Lipinski definition) is 5. The number of para-hydroxylation sites is 1. The number of rotatable bonds is 3. The Morgan fingerprint density at radius 1 is 1.10 bits per heavy atom. The van der Waals surface area contributed by atoms with Crippen LogP contribution in [-0.2, 0) is 4.79 Å². The van der Waals surface area contributed by atoms with Crippen molar-refractivity contribution in [2.24, 2.45) is 0 Å². The summed E-state index contributed by atoms with van der Waals surface area (Å²) in [5, 5.41) is 22.5. The van der Waals surface area contributed by atoms with Gasteiger partial charge in [-0.2, -0.15) is 4.80 Å². The molecule has 0 bridgehead atoms. The van der Waals surface area contributed by atoms with Crippen LogP contribution in [0.3, 0.4) is 0 Å². The summed E-state index contributed by atoms with van der Waals surface area (Å²) in [6.45, 7) is 0. The third kappa shape index (κ3) is 2.87. The molecule has 7 nitrogen and oxygen atoms in total. The molecule has 0 saturated carbocycles. The number of methoxy groups -OCH3 is 1. The summed E-state index contributed by atoms with van der Waals surface area (Å²) in [4.78, 5) is 13.9. The average Bonchev–Trinajstić information content (AvgIpc) is 3.18. The van der Waals surface area contributed by atoms with Crippen LogP contribution in [-0.4, -0.2) is 33.1 Å². The van der Waals surface area contributed by atoms with Crippen LogP contribution in [0.2, 0.25) is 0 Å². The Hall–Kier alpha value is -3.87. The number of anilines is 1. The molecule has 0 unspecified atom stereocenters. The van der Waals surface area contributed by atoms with Crippen molar-refractivity contribution in [3.8, 4) is 17.2 Å². The van der Waals surface area contributed by atoms with Crippen molar-refractivity contribution in [3.63, 3.8) is 0 Å². The van der Waals surface area contributed by atoms with Crippen LogP contribution in [0.4, 0.5) is 5.69 Å². The molecule has 1 atom stereocenters. The van der Waals surface area contributed by atoms with E-state index in [0.717, 1.165) is 27.8 Å². The fourth-order valence-electron chi connectivity index (χ4n) is 3.84. The van der Waals surface area contributed by atoms with Crippen molar-refractivity contribution in [1.29, 1.82) is 0 Å². The number of hydrogen-bond donors (Lipinski definition) is 2. The van der Waals surface area contributed by atoms with Gasteiger partial charge in [0.05, 0.1) is 12.8 Å². The first kappa shape index (κ1) is 17.2. The van der Waals surface area contributed by atoms with Gasteiger partial charge in [-0.05, 0) is 42.0 Å². The predicted molar refractivity (Wildman–Crippen MR) is 109 cm³/mol. The van der Waals surface area contributed by atoms with Gasteiger partial charge < -0.3 is 15.2 Å². The summed E-state index contributed by atoms with van der Waals surface area (Å²) in [5.41, 5.74) is 4.76. The molecule has 0 saturated heterocycles. The number of benzene rings is 3. The minimum absolute atomic E-state index is 0.0395. The van der Waals surface area contributed by atoms with Gasteiger partial charge in [-0.3, -0.25) is 4.79 Å². The largest absolute Gasteiger partial charge is 0.504 e. The highest BCUT2D eigenvalue weighted by atomic mass is 16.5. The Morgan fingerprint density at radius 2 is 1.93 bits per heavy atom. The Kier molecular flexibility index (Phi) is 3.94. The zero-order valence-electron chi connectivity index (χ0n) is 15.7. The predicted octanol–water partition coefficient (Wildman–Crippen LogP) is 3.61. The third-order valence-corrected chi connectivity index (χ3v) is 5.20. The molecule has 2 heterocycles. The van der Waals surface area contributed by atoms with Gasteiger partial charge in [0.25, 0.3) is 0 Å². The van der Waals surface area contributed by atoms with Crippen molar-refractivity contribution in [2.75, 3.05) is 12.4 Å². The maximum absolute atomic E-state index is 12.3. The van der Waals surface area contributed by atoms with Crippen LogP contribution in [0.15, 0.2) is 60.7 Å². The van der Waals surface area contributed by atoms with E-state index < -0.39 is 0 Å². The SMILES string of the molecule is COc1ccc([C@H]2CC(=O)Nc3ccc4nn(-c5ccccc5)nc4c32)cc1O. The zero-order chi connectivity index (χ0) is 20.0. The maximum atomic E-state index is 12.3. The molecule has 1 aliphatic rings. The highest BCUT2D eigenvalue weighted by Gasteiger charge is 2.30. The van der Waals surface area contributed by atoms with E-state index in [1.807, 2.05) is 48.5 Å². The summed E-state index contributed by atoms with van der Waals surface area (Å²) in [5.74, 6) is 0.105. The molecule has 144 valence electrons. The van der Waals surface area contributed by atoms with Crippen LogP contribution < -0.4 is 10.1 Å². The lowest BCUT2D eigenvalue weighted by atomic mass is 9.84. The standard InChI is InChI=1S/C22H18N4O3/c1-29-19-10-7-13(11-18(19)27)15-12-20(28)23-16-8-9-17-22(21(15)16)25-26(24-17)14-5-3-2-4-6-14/h2-11,15,27H,12H2,1H3,(H,23,28)/t15-/m1/s1. The molecular formula is C22H18N4O3. The van der Waals surface area contributed by atoms with E-state index in [9.17, 15) is 9.90 Å². The molecule has 2 N–H and O–H groups in total. The van der Waals surface area contributed by atoms with E-state index in [1.54, 1.807) is 16.9 Å². The Morgan fingerprint density at radius 3 is 2.69 bits per heavy atom. The number of nitrogens with one attached hydrogen (secondary N) is 1. The zero-order valence-corrected chi connectivity index (χ0v) is 15.7. The van der Waals surface area contributed by atoms with Crippen molar-refractivity contribution in [3.05, 3.63) is 71.8 Å². The highest BCUT2D eigenvalue weighted by molar-refractivity contribution is 5.99. The van der Waals surface area contributed by atoms with Crippen LogP contribution in [0.5, 0.6) is 11.5 Å². The first-order chi connectivity index (χ1) is 14.1. The Bertz CT molecular complexity index is 1230. The summed E-state index contributed by atoms with van der Waals surface area (Å²) in [7, 11) is 1.50.